The van der Waals surface area contributed by atoms with Crippen LogP contribution in [0, 0.1) is 0 Å². The second kappa shape index (κ2) is 6.51. The number of rotatable bonds is 4. The Hall–Kier alpha value is -2.89. The van der Waals surface area contributed by atoms with Gasteiger partial charge in [0.15, 0.2) is 5.76 Å². The summed E-state index contributed by atoms with van der Waals surface area (Å²) in [7, 11) is 1.31. The van der Waals surface area contributed by atoms with Crippen molar-refractivity contribution in [3.05, 3.63) is 60.1 Å². The summed E-state index contributed by atoms with van der Waals surface area (Å²) in [5.41, 5.74) is 0.639. The molecule has 6 heteroatoms. The van der Waals surface area contributed by atoms with Gasteiger partial charge in [0.05, 0.1) is 6.26 Å². The van der Waals surface area contributed by atoms with Crippen molar-refractivity contribution in [2.24, 2.45) is 0 Å². The van der Waals surface area contributed by atoms with Gasteiger partial charge < -0.3 is 14.5 Å². The van der Waals surface area contributed by atoms with Gasteiger partial charge in [0.25, 0.3) is 5.91 Å². The highest BCUT2D eigenvalue weighted by Crippen LogP contribution is 2.11. The maximum Gasteiger partial charge on any atom is 0.325 e. The molecular weight excluding hydrogens is 272 g/mol. The predicted octanol–water partition coefficient (Wildman–Crippen LogP) is 2.00. The van der Waals surface area contributed by atoms with Crippen molar-refractivity contribution in [1.82, 2.24) is 10.2 Å². The Morgan fingerprint density at radius 3 is 2.48 bits per heavy atom. The first kappa shape index (κ1) is 14.5. The van der Waals surface area contributed by atoms with Crippen molar-refractivity contribution in [1.29, 1.82) is 0 Å². The van der Waals surface area contributed by atoms with E-state index < -0.39 is 18.0 Å². The van der Waals surface area contributed by atoms with Crippen molar-refractivity contribution < 1.29 is 18.8 Å². The van der Waals surface area contributed by atoms with E-state index in [9.17, 15) is 14.4 Å². The number of furan rings is 1. The van der Waals surface area contributed by atoms with Crippen LogP contribution in [0.1, 0.15) is 22.2 Å². The number of benzene rings is 1. The first-order valence-electron chi connectivity index (χ1n) is 6.25. The fourth-order valence-electron chi connectivity index (χ4n) is 1.74. The Kier molecular flexibility index (Phi) is 4.50. The predicted molar refractivity (Wildman–Crippen MR) is 74.6 cm³/mol. The van der Waals surface area contributed by atoms with E-state index in [0.29, 0.717) is 11.8 Å². The molecule has 1 unspecified atom stereocenters. The fraction of sp³-hybridized carbons (Fsp3) is 0.133. The Bertz CT molecular complexity index is 622. The van der Waals surface area contributed by atoms with Crippen molar-refractivity contribution in [3.63, 3.8) is 0 Å². The largest absolute Gasteiger partial charge is 0.459 e. The first-order chi connectivity index (χ1) is 10.1. The minimum atomic E-state index is -0.814. The molecule has 2 aromatic rings. The standard InChI is InChI=1S/C15H14N2O4/c1-17(14(19)13-8-5-9-21-13)15(20)16-12(10-18)11-6-3-2-4-7-11/h2-10,12H,1H3,(H,16,20). The van der Waals surface area contributed by atoms with Gasteiger partial charge in [0.1, 0.15) is 12.3 Å². The lowest BCUT2D eigenvalue weighted by atomic mass is 10.1. The second-order valence-electron chi connectivity index (χ2n) is 4.32. The van der Waals surface area contributed by atoms with E-state index >= 15 is 0 Å². The van der Waals surface area contributed by atoms with Crippen molar-refractivity contribution in [2.45, 2.75) is 6.04 Å². The quantitative estimate of drug-likeness (QED) is 0.872. The molecule has 0 aliphatic heterocycles. The van der Waals surface area contributed by atoms with Gasteiger partial charge in [-0.15, -0.1) is 0 Å². The molecule has 6 nitrogen and oxygen atoms in total. The molecule has 21 heavy (non-hydrogen) atoms. The molecule has 0 aliphatic carbocycles. The minimum Gasteiger partial charge on any atom is -0.459 e. The van der Waals surface area contributed by atoms with Crippen LogP contribution in [-0.4, -0.2) is 30.2 Å². The third-order valence-electron chi connectivity index (χ3n) is 2.91. The third-order valence-corrected chi connectivity index (χ3v) is 2.91. The molecule has 0 spiro atoms. The molecule has 1 heterocycles. The molecule has 0 saturated carbocycles. The van der Waals surface area contributed by atoms with Gasteiger partial charge in [-0.1, -0.05) is 30.3 Å². The molecular formula is C15H14N2O4. The van der Waals surface area contributed by atoms with E-state index in [0.717, 1.165) is 4.90 Å². The molecule has 3 amide bonds. The lowest BCUT2D eigenvalue weighted by Gasteiger charge is -2.18. The van der Waals surface area contributed by atoms with Crippen LogP contribution in [-0.2, 0) is 4.79 Å². The number of carbonyl (C=O) groups excluding carboxylic acids is 3. The highest BCUT2D eigenvalue weighted by Gasteiger charge is 2.23. The molecule has 2 rings (SSSR count). The zero-order valence-electron chi connectivity index (χ0n) is 11.4. The molecule has 0 bridgehead atoms. The summed E-state index contributed by atoms with van der Waals surface area (Å²) >= 11 is 0. The van der Waals surface area contributed by atoms with E-state index in [1.165, 1.54) is 19.4 Å². The maximum atomic E-state index is 12.0. The van der Waals surface area contributed by atoms with E-state index in [1.54, 1.807) is 36.4 Å². The fourth-order valence-corrected chi connectivity index (χ4v) is 1.74. The van der Waals surface area contributed by atoms with Crippen molar-refractivity contribution in [3.8, 4) is 0 Å². The summed E-state index contributed by atoms with van der Waals surface area (Å²) in [6, 6.07) is 10.3. The van der Waals surface area contributed by atoms with Gasteiger partial charge in [-0.05, 0) is 17.7 Å². The highest BCUT2D eigenvalue weighted by atomic mass is 16.3. The third kappa shape index (κ3) is 3.36. The smallest absolute Gasteiger partial charge is 0.325 e. The summed E-state index contributed by atoms with van der Waals surface area (Å²) < 4.78 is 4.94. The topological polar surface area (TPSA) is 79.6 Å². The van der Waals surface area contributed by atoms with Crippen LogP contribution in [0.15, 0.2) is 53.1 Å². The minimum absolute atomic E-state index is 0.0509. The normalized spacial score (nSPS) is 11.5. The summed E-state index contributed by atoms with van der Waals surface area (Å²) in [6.07, 6.45) is 1.95. The van der Waals surface area contributed by atoms with Crippen LogP contribution in [0.4, 0.5) is 4.79 Å². The monoisotopic (exact) mass is 286 g/mol. The Balaban J connectivity index is 2.06. The van der Waals surface area contributed by atoms with E-state index in [-0.39, 0.29) is 5.76 Å². The van der Waals surface area contributed by atoms with Gasteiger partial charge in [-0.3, -0.25) is 9.69 Å². The highest BCUT2D eigenvalue weighted by molar-refractivity contribution is 6.02. The summed E-state index contributed by atoms with van der Waals surface area (Å²) in [6.45, 7) is 0. The number of nitrogens with one attached hydrogen (secondary N) is 1. The summed E-state index contributed by atoms with van der Waals surface area (Å²) in [5.74, 6) is -0.537. The van der Waals surface area contributed by atoms with Gasteiger partial charge >= 0.3 is 6.03 Å². The summed E-state index contributed by atoms with van der Waals surface area (Å²) in [5, 5.41) is 2.48. The SMILES string of the molecule is CN(C(=O)NC(C=O)c1ccccc1)C(=O)c1ccco1. The first-order valence-corrected chi connectivity index (χ1v) is 6.25. The van der Waals surface area contributed by atoms with Gasteiger partial charge in [0, 0.05) is 7.05 Å². The van der Waals surface area contributed by atoms with Gasteiger partial charge in [-0.25, -0.2) is 4.79 Å². The van der Waals surface area contributed by atoms with E-state index in [1.807, 2.05) is 0 Å². The van der Waals surface area contributed by atoms with Crippen molar-refractivity contribution >= 4 is 18.2 Å². The van der Waals surface area contributed by atoms with Crippen LogP contribution < -0.4 is 5.32 Å². The van der Waals surface area contributed by atoms with E-state index in [2.05, 4.69) is 5.32 Å². The average Bonchev–Trinajstić information content (AvgIpc) is 3.06. The molecule has 1 atom stereocenters. The second-order valence-corrected chi connectivity index (χ2v) is 4.32. The number of nitrogens with zero attached hydrogens (tertiary/aromatic N) is 1. The Labute approximate surface area is 121 Å². The average molecular weight is 286 g/mol. The molecule has 1 N–H and O–H groups in total. The number of aldehydes is 1. The van der Waals surface area contributed by atoms with Crippen LogP contribution >= 0.6 is 0 Å². The van der Waals surface area contributed by atoms with Crippen LogP contribution in [0.3, 0.4) is 0 Å². The van der Waals surface area contributed by atoms with Crippen LogP contribution in [0.2, 0.25) is 0 Å². The lowest BCUT2D eigenvalue weighted by Crippen LogP contribution is -2.43. The number of amides is 3. The molecule has 0 aliphatic rings. The van der Waals surface area contributed by atoms with Gasteiger partial charge in [-0.2, -0.15) is 0 Å². The van der Waals surface area contributed by atoms with Crippen LogP contribution in [0.25, 0.3) is 0 Å². The number of imide groups is 1. The maximum absolute atomic E-state index is 12.0. The molecule has 108 valence electrons. The zero-order valence-corrected chi connectivity index (χ0v) is 11.4. The number of hydrogen-bond donors (Lipinski definition) is 1. The summed E-state index contributed by atoms with van der Waals surface area (Å²) in [4.78, 5) is 35.9. The Morgan fingerprint density at radius 1 is 1.19 bits per heavy atom. The van der Waals surface area contributed by atoms with E-state index in [4.69, 9.17) is 4.42 Å². The lowest BCUT2D eigenvalue weighted by molar-refractivity contribution is -0.109. The van der Waals surface area contributed by atoms with Gasteiger partial charge in [0.2, 0.25) is 0 Å². The molecule has 1 aromatic carbocycles. The number of carbonyl (C=O) groups is 3. The number of urea groups is 1. The molecule has 0 radical (unpaired) electrons. The number of hydrogen-bond acceptors (Lipinski definition) is 4. The molecule has 0 saturated heterocycles. The Morgan fingerprint density at radius 2 is 1.90 bits per heavy atom. The van der Waals surface area contributed by atoms with Crippen LogP contribution in [0.5, 0.6) is 0 Å². The van der Waals surface area contributed by atoms with Crippen molar-refractivity contribution in [2.75, 3.05) is 7.05 Å². The zero-order chi connectivity index (χ0) is 15.2. The molecule has 1 aromatic heterocycles. The molecule has 0 fully saturated rings.